The molecule has 4 aliphatic rings. The van der Waals surface area contributed by atoms with E-state index in [1.807, 2.05) is 11.3 Å². The number of nitrogens with zero attached hydrogens (tertiary/aromatic N) is 3. The van der Waals surface area contributed by atoms with Gasteiger partial charge in [-0.1, -0.05) is 96.8 Å². The maximum absolute atomic E-state index is 5.21. The van der Waals surface area contributed by atoms with Crippen LogP contribution in [-0.2, 0) is 6.42 Å². The van der Waals surface area contributed by atoms with Crippen LogP contribution in [0.15, 0.2) is 30.3 Å². The molecular formula is C39H61IN3S+. The molecule has 0 N–H and O–H groups in total. The van der Waals surface area contributed by atoms with Gasteiger partial charge in [0.25, 0.3) is 0 Å². The zero-order valence-electron chi connectivity index (χ0n) is 27.9. The molecular weight excluding hydrogens is 669 g/mol. The van der Waals surface area contributed by atoms with Crippen LogP contribution < -0.4 is 14.8 Å². The van der Waals surface area contributed by atoms with E-state index in [2.05, 4.69) is 46.7 Å². The zero-order valence-corrected chi connectivity index (χ0v) is 31.1. The molecule has 0 amide bonds. The van der Waals surface area contributed by atoms with E-state index >= 15 is 0 Å². The number of piperidine rings is 2. The topological polar surface area (TPSA) is 19.1 Å². The van der Waals surface area contributed by atoms with Gasteiger partial charge in [-0.15, -0.1) is 35.3 Å². The second-order valence-corrected chi connectivity index (χ2v) is 14.7. The van der Waals surface area contributed by atoms with Gasteiger partial charge < -0.3 is 4.90 Å². The van der Waals surface area contributed by atoms with Crippen LogP contribution in [0.25, 0.3) is 20.8 Å². The summed E-state index contributed by atoms with van der Waals surface area (Å²) in [6.45, 7) is 7.11. The Morgan fingerprint density at radius 3 is 1.91 bits per heavy atom. The van der Waals surface area contributed by atoms with E-state index < -0.39 is 0 Å². The Morgan fingerprint density at radius 2 is 1.27 bits per heavy atom. The molecule has 0 radical (unpaired) electrons. The van der Waals surface area contributed by atoms with Gasteiger partial charge >= 0.3 is 0 Å². The van der Waals surface area contributed by atoms with E-state index in [1.54, 1.807) is 0 Å². The monoisotopic (exact) mass is 730 g/mol. The Balaban J connectivity index is 0.00000442. The average molecular weight is 731 g/mol. The molecule has 244 valence electrons. The minimum atomic E-state index is 0. The van der Waals surface area contributed by atoms with E-state index in [-0.39, 0.29) is 24.0 Å². The fourth-order valence-electron chi connectivity index (χ4n) is 7.36. The number of rotatable bonds is 17. The van der Waals surface area contributed by atoms with E-state index in [4.69, 9.17) is 4.98 Å². The Kier molecular flexibility index (Phi) is 16.3. The molecule has 0 unspecified atom stereocenters. The molecule has 0 spiro atoms. The summed E-state index contributed by atoms with van der Waals surface area (Å²) in [6.07, 6.45) is 30.6. The van der Waals surface area contributed by atoms with Crippen molar-refractivity contribution in [3.8, 4) is 10.6 Å². The normalized spacial score (nSPS) is 15.7. The van der Waals surface area contributed by atoms with Gasteiger partial charge in [0.05, 0.1) is 20.8 Å². The third-order valence-corrected chi connectivity index (χ3v) is 11.1. The van der Waals surface area contributed by atoms with Gasteiger partial charge in [-0.05, 0) is 62.8 Å². The van der Waals surface area contributed by atoms with Gasteiger partial charge in [-0.25, -0.2) is 9.56 Å². The summed E-state index contributed by atoms with van der Waals surface area (Å²) in [5.74, 6) is 0. The predicted octanol–water partition coefficient (Wildman–Crippen LogP) is 11.4. The van der Waals surface area contributed by atoms with Gasteiger partial charge in [0, 0.05) is 43.2 Å². The van der Waals surface area contributed by atoms with Crippen LogP contribution in [0.3, 0.4) is 0 Å². The Labute approximate surface area is 290 Å². The van der Waals surface area contributed by atoms with Gasteiger partial charge in [0.15, 0.2) is 0 Å². The average Bonchev–Trinajstić information content (AvgIpc) is 3.06. The van der Waals surface area contributed by atoms with E-state index in [0.717, 1.165) is 5.52 Å². The van der Waals surface area contributed by atoms with Crippen LogP contribution in [0.5, 0.6) is 0 Å². The van der Waals surface area contributed by atoms with Crippen LogP contribution in [0.4, 0.5) is 5.69 Å². The second-order valence-electron chi connectivity index (χ2n) is 13.6. The Morgan fingerprint density at radius 1 is 0.682 bits per heavy atom. The molecule has 2 fully saturated rings. The minimum Gasteiger partial charge on any atom is -0.371 e. The number of fused-ring (bicyclic) bond motifs is 2. The standard InChI is InChI=1S/C39H60N3S.HI/c1-2-3-4-5-6-7-8-9-10-11-12-13-14-15-18-23-33-30-36-39(32-37(33)42-28-21-17-22-29-42)43-38-31-34(24-25-35(38)40-36)41-26-19-16-20-27-41;/h24-25,30-32H,2-23,26-29H2,1H3;1H/q+1;. The maximum atomic E-state index is 5.21. The van der Waals surface area contributed by atoms with E-state index in [1.165, 1.54) is 199 Å². The lowest BCUT2D eigenvalue weighted by atomic mass is 10.0. The fraction of sp³-hybridized carbons (Fsp3) is 0.692. The summed E-state index contributed by atoms with van der Waals surface area (Å²) >= 11 is 1.95. The molecule has 0 atom stereocenters. The highest BCUT2D eigenvalue weighted by atomic mass is 127. The molecule has 5 rings (SSSR count). The molecule has 0 aromatic heterocycles. The summed E-state index contributed by atoms with van der Waals surface area (Å²) in [6, 6.07) is 11.9. The summed E-state index contributed by atoms with van der Waals surface area (Å²) in [5, 5.41) is 1.50. The van der Waals surface area contributed by atoms with Crippen molar-refractivity contribution in [3.63, 3.8) is 0 Å². The first kappa shape index (κ1) is 35.6. The summed E-state index contributed by atoms with van der Waals surface area (Å²) < 4.78 is 4.01. The molecule has 2 saturated heterocycles. The van der Waals surface area contributed by atoms with Crippen molar-refractivity contribution in [1.82, 2.24) is 9.56 Å². The third kappa shape index (κ3) is 11.0. The highest BCUT2D eigenvalue weighted by Gasteiger charge is 2.19. The molecule has 3 nitrogen and oxygen atoms in total. The lowest BCUT2D eigenvalue weighted by molar-refractivity contribution is 0.449. The smallest absolute Gasteiger partial charge is 0.204 e. The second kappa shape index (κ2) is 20.1. The number of aryl methyl sites for hydroxylation is 1. The first-order valence-electron chi connectivity index (χ1n) is 18.5. The molecule has 1 aliphatic carbocycles. The molecule has 3 heterocycles. The Bertz CT molecular complexity index is 1270. The third-order valence-electron chi connectivity index (χ3n) is 10.0. The van der Waals surface area contributed by atoms with Crippen molar-refractivity contribution in [1.29, 1.82) is 0 Å². The summed E-state index contributed by atoms with van der Waals surface area (Å²) in [7, 11) is 0. The van der Waals surface area contributed by atoms with Crippen LogP contribution in [0.2, 0.25) is 0 Å². The van der Waals surface area contributed by atoms with Crippen molar-refractivity contribution in [2.45, 2.75) is 148 Å². The number of hydrogen-bond acceptors (Lipinski definition) is 3. The number of benzene rings is 2. The molecule has 5 heteroatoms. The van der Waals surface area contributed by atoms with Crippen molar-refractivity contribution >= 4 is 51.2 Å². The number of aromatic nitrogens is 1. The zero-order chi connectivity index (χ0) is 29.5. The van der Waals surface area contributed by atoms with Crippen LogP contribution in [0, 0.1) is 0 Å². The SMILES string of the molecule is CCCCCCCCCCCCCCCCCc1cc2nc3ccc(N4CCCCC4)cc3sc-2cc1=[N+]1CCCCC1.I. The van der Waals surface area contributed by atoms with Crippen molar-refractivity contribution in [2.75, 3.05) is 31.1 Å². The van der Waals surface area contributed by atoms with Crippen molar-refractivity contribution in [3.05, 3.63) is 41.3 Å². The summed E-state index contributed by atoms with van der Waals surface area (Å²) in [5.41, 5.74) is 5.26. The molecule has 0 saturated carbocycles. The number of anilines is 1. The lowest BCUT2D eigenvalue weighted by Gasteiger charge is -2.29. The van der Waals surface area contributed by atoms with E-state index in [0.29, 0.717) is 0 Å². The molecule has 1 aromatic rings. The molecule has 44 heavy (non-hydrogen) atoms. The highest BCUT2D eigenvalue weighted by molar-refractivity contribution is 14.0. The van der Waals surface area contributed by atoms with Crippen molar-refractivity contribution < 1.29 is 0 Å². The van der Waals surface area contributed by atoms with Crippen molar-refractivity contribution in [2.24, 2.45) is 0 Å². The predicted molar refractivity (Wildman–Crippen MR) is 205 cm³/mol. The number of halogens is 1. The van der Waals surface area contributed by atoms with E-state index in [9.17, 15) is 0 Å². The van der Waals surface area contributed by atoms with Gasteiger partial charge in [0.1, 0.15) is 13.1 Å². The first-order chi connectivity index (χ1) is 21.3. The Hall–Kier alpha value is -1.21. The fourth-order valence-corrected chi connectivity index (χ4v) is 8.37. The molecule has 1 aromatic carbocycles. The first-order valence-corrected chi connectivity index (χ1v) is 19.3. The molecule has 0 bridgehead atoms. The summed E-state index contributed by atoms with van der Waals surface area (Å²) in [4.78, 5) is 9.13. The van der Waals surface area contributed by atoms with Crippen LogP contribution in [-0.4, -0.2) is 31.2 Å². The lowest BCUT2D eigenvalue weighted by Crippen LogP contribution is -2.36. The van der Waals surface area contributed by atoms with Gasteiger partial charge in [-0.2, -0.15) is 0 Å². The highest BCUT2D eigenvalue weighted by Crippen LogP contribution is 2.33. The minimum absolute atomic E-state index is 0. The quantitative estimate of drug-likeness (QED) is 0.0596. The maximum Gasteiger partial charge on any atom is 0.204 e. The molecule has 3 aliphatic heterocycles. The van der Waals surface area contributed by atoms with Gasteiger partial charge in [-0.3, -0.25) is 0 Å². The number of hydrogen-bond donors (Lipinski definition) is 0. The van der Waals surface area contributed by atoms with Gasteiger partial charge in [0.2, 0.25) is 5.36 Å². The number of unbranched alkanes of at least 4 members (excludes halogenated alkanes) is 14. The largest absolute Gasteiger partial charge is 0.371 e. The van der Waals surface area contributed by atoms with Crippen LogP contribution >= 0.6 is 35.3 Å². The van der Waals surface area contributed by atoms with Crippen LogP contribution in [0.1, 0.15) is 147 Å².